The standard InChI is InChI=1S/C17H24N2O2/c1-12(2)16(20)18-15-9-13(3)10-19(11-15)17(21)14-7-5-4-6-8-14/h4-8,12-13,15H,9-11H2,1-3H3,(H,18,20). The maximum atomic E-state index is 12.5. The van der Waals surface area contributed by atoms with Gasteiger partial charge in [-0.25, -0.2) is 0 Å². The highest BCUT2D eigenvalue weighted by molar-refractivity contribution is 5.94. The first kappa shape index (κ1) is 15.5. The van der Waals surface area contributed by atoms with Crippen LogP contribution in [0.25, 0.3) is 0 Å². The van der Waals surface area contributed by atoms with Crippen LogP contribution in [0.5, 0.6) is 0 Å². The summed E-state index contributed by atoms with van der Waals surface area (Å²) in [4.78, 5) is 26.2. The minimum absolute atomic E-state index is 0.0273. The minimum Gasteiger partial charge on any atom is -0.351 e. The summed E-state index contributed by atoms with van der Waals surface area (Å²) in [7, 11) is 0. The Hall–Kier alpha value is -1.84. The SMILES string of the molecule is CC1CC(NC(=O)C(C)C)CN(C(=O)c2ccccc2)C1. The van der Waals surface area contributed by atoms with E-state index in [9.17, 15) is 9.59 Å². The van der Waals surface area contributed by atoms with Gasteiger partial charge < -0.3 is 10.2 Å². The molecule has 1 aromatic rings. The van der Waals surface area contributed by atoms with Crippen molar-refractivity contribution >= 4 is 11.8 Å². The van der Waals surface area contributed by atoms with Crippen LogP contribution in [-0.4, -0.2) is 35.8 Å². The molecule has 0 saturated carbocycles. The van der Waals surface area contributed by atoms with Gasteiger partial charge in [-0.1, -0.05) is 39.0 Å². The van der Waals surface area contributed by atoms with Gasteiger partial charge in [0.15, 0.2) is 0 Å². The van der Waals surface area contributed by atoms with Gasteiger partial charge in [-0.05, 0) is 24.5 Å². The third-order valence-electron chi connectivity index (χ3n) is 3.84. The number of carbonyl (C=O) groups excluding carboxylic acids is 2. The molecule has 2 rings (SSSR count). The summed E-state index contributed by atoms with van der Waals surface area (Å²) in [6.07, 6.45) is 0.928. The normalized spacial score (nSPS) is 22.2. The summed E-state index contributed by atoms with van der Waals surface area (Å²) in [5.41, 5.74) is 0.709. The summed E-state index contributed by atoms with van der Waals surface area (Å²) in [6, 6.07) is 9.38. The first-order valence-corrected chi connectivity index (χ1v) is 7.62. The quantitative estimate of drug-likeness (QED) is 0.928. The second-order valence-corrected chi connectivity index (χ2v) is 6.28. The molecule has 114 valence electrons. The number of rotatable bonds is 3. The van der Waals surface area contributed by atoms with Crippen LogP contribution in [-0.2, 0) is 4.79 Å². The lowest BCUT2D eigenvalue weighted by Gasteiger charge is -2.37. The molecule has 0 spiro atoms. The Kier molecular flexibility index (Phi) is 4.99. The molecule has 2 atom stereocenters. The summed E-state index contributed by atoms with van der Waals surface area (Å²) >= 11 is 0. The first-order valence-electron chi connectivity index (χ1n) is 7.62. The number of hydrogen-bond donors (Lipinski definition) is 1. The fraction of sp³-hybridized carbons (Fsp3) is 0.529. The number of piperidine rings is 1. The van der Waals surface area contributed by atoms with Crippen LogP contribution in [0.3, 0.4) is 0 Å². The predicted molar refractivity (Wildman–Crippen MR) is 82.9 cm³/mol. The number of hydrogen-bond acceptors (Lipinski definition) is 2. The maximum absolute atomic E-state index is 12.5. The summed E-state index contributed by atoms with van der Waals surface area (Å²) in [5, 5.41) is 3.05. The Bertz CT molecular complexity index is 499. The number of benzene rings is 1. The molecule has 0 radical (unpaired) electrons. The van der Waals surface area contributed by atoms with Crippen LogP contribution in [0.4, 0.5) is 0 Å². The zero-order chi connectivity index (χ0) is 15.4. The van der Waals surface area contributed by atoms with Gasteiger partial charge in [0.2, 0.25) is 5.91 Å². The van der Waals surface area contributed by atoms with Gasteiger partial charge in [0.05, 0.1) is 0 Å². The molecular weight excluding hydrogens is 264 g/mol. The molecule has 1 aliphatic rings. The highest BCUT2D eigenvalue weighted by Crippen LogP contribution is 2.19. The fourth-order valence-electron chi connectivity index (χ4n) is 2.75. The van der Waals surface area contributed by atoms with Crippen LogP contribution < -0.4 is 5.32 Å². The van der Waals surface area contributed by atoms with Crippen molar-refractivity contribution in [2.75, 3.05) is 13.1 Å². The van der Waals surface area contributed by atoms with Crippen molar-refractivity contribution in [3.63, 3.8) is 0 Å². The third kappa shape index (κ3) is 4.06. The zero-order valence-corrected chi connectivity index (χ0v) is 13.0. The summed E-state index contributed by atoms with van der Waals surface area (Å²) in [5.74, 6) is 0.469. The van der Waals surface area contributed by atoms with Crippen molar-refractivity contribution in [3.8, 4) is 0 Å². The number of nitrogens with zero attached hydrogens (tertiary/aromatic N) is 1. The second-order valence-electron chi connectivity index (χ2n) is 6.28. The molecule has 4 nitrogen and oxygen atoms in total. The van der Waals surface area contributed by atoms with Crippen molar-refractivity contribution < 1.29 is 9.59 Å². The molecule has 2 unspecified atom stereocenters. The van der Waals surface area contributed by atoms with Crippen molar-refractivity contribution in [2.24, 2.45) is 11.8 Å². The molecule has 2 amide bonds. The fourth-order valence-corrected chi connectivity index (χ4v) is 2.75. The van der Waals surface area contributed by atoms with E-state index in [4.69, 9.17) is 0 Å². The number of carbonyl (C=O) groups is 2. The molecule has 1 saturated heterocycles. The van der Waals surface area contributed by atoms with E-state index < -0.39 is 0 Å². The van der Waals surface area contributed by atoms with E-state index >= 15 is 0 Å². The van der Waals surface area contributed by atoms with Gasteiger partial charge >= 0.3 is 0 Å². The third-order valence-corrected chi connectivity index (χ3v) is 3.84. The van der Waals surface area contributed by atoms with E-state index in [0.717, 1.165) is 13.0 Å². The van der Waals surface area contributed by atoms with Crippen molar-refractivity contribution in [3.05, 3.63) is 35.9 Å². The highest BCUT2D eigenvalue weighted by Gasteiger charge is 2.29. The van der Waals surface area contributed by atoms with Crippen LogP contribution >= 0.6 is 0 Å². The Morgan fingerprint density at radius 1 is 1.19 bits per heavy atom. The van der Waals surface area contributed by atoms with E-state index in [1.54, 1.807) is 0 Å². The molecule has 4 heteroatoms. The van der Waals surface area contributed by atoms with Crippen molar-refractivity contribution in [2.45, 2.75) is 33.2 Å². The topological polar surface area (TPSA) is 49.4 Å². The van der Waals surface area contributed by atoms with Crippen LogP contribution in [0.1, 0.15) is 37.6 Å². The maximum Gasteiger partial charge on any atom is 0.253 e. The Morgan fingerprint density at radius 2 is 1.86 bits per heavy atom. The lowest BCUT2D eigenvalue weighted by atomic mass is 9.95. The van der Waals surface area contributed by atoms with Crippen LogP contribution in [0.2, 0.25) is 0 Å². The lowest BCUT2D eigenvalue weighted by Crippen LogP contribution is -2.52. The molecule has 0 aromatic heterocycles. The van der Waals surface area contributed by atoms with Crippen LogP contribution in [0.15, 0.2) is 30.3 Å². The minimum atomic E-state index is -0.0273. The van der Waals surface area contributed by atoms with Crippen LogP contribution in [0, 0.1) is 11.8 Å². The molecule has 1 aliphatic heterocycles. The molecular formula is C17H24N2O2. The van der Waals surface area contributed by atoms with E-state index in [1.807, 2.05) is 49.1 Å². The average Bonchev–Trinajstić information content (AvgIpc) is 2.46. The van der Waals surface area contributed by atoms with E-state index in [0.29, 0.717) is 18.0 Å². The Balaban J connectivity index is 2.04. The zero-order valence-electron chi connectivity index (χ0n) is 13.0. The molecule has 1 heterocycles. The van der Waals surface area contributed by atoms with Crippen molar-refractivity contribution in [1.82, 2.24) is 10.2 Å². The van der Waals surface area contributed by atoms with Gasteiger partial charge in [-0.3, -0.25) is 9.59 Å². The molecule has 0 aliphatic carbocycles. The smallest absolute Gasteiger partial charge is 0.253 e. The van der Waals surface area contributed by atoms with Gasteiger partial charge in [0.1, 0.15) is 0 Å². The second kappa shape index (κ2) is 6.74. The predicted octanol–water partition coefficient (Wildman–Crippen LogP) is 2.31. The molecule has 1 fully saturated rings. The number of likely N-dealkylation sites (tertiary alicyclic amines) is 1. The summed E-state index contributed by atoms with van der Waals surface area (Å²) < 4.78 is 0. The van der Waals surface area contributed by atoms with E-state index in [-0.39, 0.29) is 23.8 Å². The van der Waals surface area contributed by atoms with Gasteiger partial charge in [-0.15, -0.1) is 0 Å². The first-order chi connectivity index (χ1) is 9.97. The molecule has 0 bridgehead atoms. The average molecular weight is 288 g/mol. The van der Waals surface area contributed by atoms with Gasteiger partial charge in [0, 0.05) is 30.6 Å². The van der Waals surface area contributed by atoms with Crippen molar-refractivity contribution in [1.29, 1.82) is 0 Å². The number of nitrogens with one attached hydrogen (secondary N) is 1. The molecule has 1 N–H and O–H groups in total. The molecule has 1 aromatic carbocycles. The molecule has 21 heavy (non-hydrogen) atoms. The van der Waals surface area contributed by atoms with E-state index in [2.05, 4.69) is 12.2 Å². The summed E-state index contributed by atoms with van der Waals surface area (Å²) in [6.45, 7) is 7.24. The number of amides is 2. The highest BCUT2D eigenvalue weighted by atomic mass is 16.2. The monoisotopic (exact) mass is 288 g/mol. The van der Waals surface area contributed by atoms with E-state index in [1.165, 1.54) is 0 Å². The van der Waals surface area contributed by atoms with Gasteiger partial charge in [0.25, 0.3) is 5.91 Å². The Morgan fingerprint density at radius 3 is 2.48 bits per heavy atom. The largest absolute Gasteiger partial charge is 0.351 e. The van der Waals surface area contributed by atoms with Gasteiger partial charge in [-0.2, -0.15) is 0 Å². The Labute approximate surface area is 126 Å². The lowest BCUT2D eigenvalue weighted by molar-refractivity contribution is -0.125.